The van der Waals surface area contributed by atoms with Crippen LogP contribution in [0.2, 0.25) is 0 Å². The molecule has 14 heavy (non-hydrogen) atoms. The van der Waals surface area contributed by atoms with Crippen molar-refractivity contribution in [2.75, 3.05) is 5.75 Å². The lowest BCUT2D eigenvalue weighted by atomic mass is 10.2. The van der Waals surface area contributed by atoms with Gasteiger partial charge in [-0.15, -0.1) is 0 Å². The molecule has 1 aromatic carbocycles. The van der Waals surface area contributed by atoms with Gasteiger partial charge in [-0.25, -0.2) is 17.2 Å². The minimum atomic E-state index is -3.29. The zero-order chi connectivity index (χ0) is 10.8. The largest absolute Gasteiger partial charge is 0.263 e. The Bertz CT molecular complexity index is 395. The molecule has 0 bridgehead atoms. The molecule has 0 spiro atoms. The second-order valence-corrected chi connectivity index (χ2v) is 5.05. The van der Waals surface area contributed by atoms with Gasteiger partial charge in [0.15, 0.2) is 9.84 Å². The molecule has 0 unspecified atom stereocenters. The first-order valence-electron chi connectivity index (χ1n) is 4.08. The van der Waals surface area contributed by atoms with E-state index in [-0.39, 0.29) is 16.2 Å². The third-order valence-electron chi connectivity index (χ3n) is 1.87. The minimum absolute atomic E-state index is 0.0268. The number of alkyl halides is 2. The average molecular weight is 220 g/mol. The summed E-state index contributed by atoms with van der Waals surface area (Å²) < 4.78 is 46.8. The highest BCUT2D eigenvalue weighted by Crippen LogP contribution is 2.20. The Hall–Kier alpha value is -0.970. The number of rotatable bonds is 3. The van der Waals surface area contributed by atoms with Crippen LogP contribution in [0.1, 0.15) is 18.9 Å². The van der Waals surface area contributed by atoms with Crippen LogP contribution in [0.4, 0.5) is 8.78 Å². The molecule has 0 radical (unpaired) electrons. The van der Waals surface area contributed by atoms with Gasteiger partial charge < -0.3 is 0 Å². The minimum Gasteiger partial charge on any atom is -0.224 e. The van der Waals surface area contributed by atoms with Crippen molar-refractivity contribution >= 4 is 9.84 Å². The normalized spacial score (nSPS) is 12.0. The van der Waals surface area contributed by atoms with E-state index in [0.717, 1.165) is 12.1 Å². The Morgan fingerprint density at radius 1 is 1.21 bits per heavy atom. The molecule has 0 saturated carbocycles. The van der Waals surface area contributed by atoms with E-state index < -0.39 is 16.3 Å². The summed E-state index contributed by atoms with van der Waals surface area (Å²) in [5.74, 6) is -0.0268. The van der Waals surface area contributed by atoms with E-state index in [4.69, 9.17) is 0 Å². The van der Waals surface area contributed by atoms with Crippen molar-refractivity contribution in [1.29, 1.82) is 0 Å². The standard InChI is InChI=1S/C9H10F2O2S/c1-2-14(12,13)8-5-3-7(4-6-8)9(10)11/h3-6,9H,2H2,1H3. The summed E-state index contributed by atoms with van der Waals surface area (Å²) in [4.78, 5) is 0.0874. The molecular formula is C9H10F2O2S. The molecule has 0 heterocycles. The van der Waals surface area contributed by atoms with E-state index in [1.165, 1.54) is 19.1 Å². The van der Waals surface area contributed by atoms with Crippen molar-refractivity contribution in [3.05, 3.63) is 29.8 Å². The molecule has 0 aliphatic heterocycles. The van der Waals surface area contributed by atoms with Crippen LogP contribution in [0.25, 0.3) is 0 Å². The first-order chi connectivity index (χ1) is 6.47. The van der Waals surface area contributed by atoms with Crippen molar-refractivity contribution in [3.8, 4) is 0 Å². The van der Waals surface area contributed by atoms with Crippen molar-refractivity contribution in [2.45, 2.75) is 18.2 Å². The fraction of sp³-hybridized carbons (Fsp3) is 0.333. The Balaban J connectivity index is 3.06. The van der Waals surface area contributed by atoms with E-state index in [0.29, 0.717) is 0 Å². The monoisotopic (exact) mass is 220 g/mol. The molecule has 1 aromatic rings. The third-order valence-corrected chi connectivity index (χ3v) is 3.62. The molecule has 0 atom stereocenters. The quantitative estimate of drug-likeness (QED) is 0.783. The van der Waals surface area contributed by atoms with Crippen LogP contribution >= 0.6 is 0 Å². The molecule has 1 rings (SSSR count). The third kappa shape index (κ3) is 2.29. The zero-order valence-corrected chi connectivity index (χ0v) is 8.39. The van der Waals surface area contributed by atoms with Crippen molar-refractivity contribution in [3.63, 3.8) is 0 Å². The molecule has 0 saturated heterocycles. The molecule has 2 nitrogen and oxygen atoms in total. The summed E-state index contributed by atoms with van der Waals surface area (Å²) in [6, 6.07) is 4.68. The highest BCUT2D eigenvalue weighted by atomic mass is 32.2. The highest BCUT2D eigenvalue weighted by Gasteiger charge is 2.12. The SMILES string of the molecule is CCS(=O)(=O)c1ccc(C(F)F)cc1. The topological polar surface area (TPSA) is 34.1 Å². The van der Waals surface area contributed by atoms with E-state index in [2.05, 4.69) is 0 Å². The van der Waals surface area contributed by atoms with Gasteiger partial charge in [0.1, 0.15) is 0 Å². The lowest BCUT2D eigenvalue weighted by molar-refractivity contribution is 0.151. The van der Waals surface area contributed by atoms with Gasteiger partial charge in [0, 0.05) is 5.56 Å². The molecule has 78 valence electrons. The predicted molar refractivity (Wildman–Crippen MR) is 49.1 cm³/mol. The predicted octanol–water partition coefficient (Wildman–Crippen LogP) is 2.42. The molecule has 0 N–H and O–H groups in total. The van der Waals surface area contributed by atoms with Crippen molar-refractivity contribution < 1.29 is 17.2 Å². The average Bonchev–Trinajstić information content (AvgIpc) is 2.18. The molecule has 0 aliphatic rings. The molecular weight excluding hydrogens is 210 g/mol. The Labute approximate surface area is 81.5 Å². The van der Waals surface area contributed by atoms with Crippen LogP contribution in [-0.2, 0) is 9.84 Å². The maximum absolute atomic E-state index is 12.1. The number of hydrogen-bond donors (Lipinski definition) is 0. The van der Waals surface area contributed by atoms with Gasteiger partial charge in [0.25, 0.3) is 6.43 Å². The lowest BCUT2D eigenvalue weighted by Gasteiger charge is -2.02. The van der Waals surface area contributed by atoms with Crippen molar-refractivity contribution in [2.24, 2.45) is 0 Å². The Morgan fingerprint density at radius 2 is 1.71 bits per heavy atom. The molecule has 0 amide bonds. The lowest BCUT2D eigenvalue weighted by Crippen LogP contribution is -2.03. The Kier molecular flexibility index (Phi) is 3.21. The number of hydrogen-bond acceptors (Lipinski definition) is 2. The summed E-state index contributed by atoms with van der Waals surface area (Å²) in [5, 5.41) is 0. The molecule has 0 aliphatic carbocycles. The second-order valence-electron chi connectivity index (χ2n) is 2.77. The van der Waals surface area contributed by atoms with Gasteiger partial charge >= 0.3 is 0 Å². The van der Waals surface area contributed by atoms with Crippen LogP contribution in [0, 0.1) is 0 Å². The Morgan fingerprint density at radius 3 is 2.07 bits per heavy atom. The van der Waals surface area contributed by atoms with Gasteiger partial charge in [-0.1, -0.05) is 19.1 Å². The van der Waals surface area contributed by atoms with E-state index in [9.17, 15) is 17.2 Å². The van der Waals surface area contributed by atoms with Crippen LogP contribution in [0.15, 0.2) is 29.2 Å². The number of benzene rings is 1. The van der Waals surface area contributed by atoms with Gasteiger partial charge in [-0.05, 0) is 12.1 Å². The van der Waals surface area contributed by atoms with E-state index in [1.807, 2.05) is 0 Å². The van der Waals surface area contributed by atoms with Gasteiger partial charge in [0.2, 0.25) is 0 Å². The van der Waals surface area contributed by atoms with Crippen LogP contribution in [0.5, 0.6) is 0 Å². The van der Waals surface area contributed by atoms with Crippen LogP contribution in [0.3, 0.4) is 0 Å². The fourth-order valence-electron chi connectivity index (χ4n) is 0.987. The number of halogens is 2. The number of sulfone groups is 1. The summed E-state index contributed by atoms with van der Waals surface area (Å²) in [7, 11) is -3.29. The molecule has 0 fully saturated rings. The summed E-state index contributed by atoms with van der Waals surface area (Å²) in [6.07, 6.45) is -2.56. The highest BCUT2D eigenvalue weighted by molar-refractivity contribution is 7.91. The zero-order valence-electron chi connectivity index (χ0n) is 7.57. The second kappa shape index (κ2) is 4.04. The first-order valence-corrected chi connectivity index (χ1v) is 5.73. The summed E-state index contributed by atoms with van der Waals surface area (Å²) >= 11 is 0. The molecule has 5 heteroatoms. The molecule has 0 aromatic heterocycles. The van der Waals surface area contributed by atoms with Crippen LogP contribution in [-0.4, -0.2) is 14.2 Å². The maximum Gasteiger partial charge on any atom is 0.263 e. The summed E-state index contributed by atoms with van der Waals surface area (Å²) in [5.41, 5.74) is -0.167. The smallest absolute Gasteiger partial charge is 0.224 e. The van der Waals surface area contributed by atoms with E-state index >= 15 is 0 Å². The van der Waals surface area contributed by atoms with Gasteiger partial charge in [-0.3, -0.25) is 0 Å². The van der Waals surface area contributed by atoms with Gasteiger partial charge in [-0.2, -0.15) is 0 Å². The van der Waals surface area contributed by atoms with Crippen LogP contribution < -0.4 is 0 Å². The maximum atomic E-state index is 12.1. The van der Waals surface area contributed by atoms with Gasteiger partial charge in [0.05, 0.1) is 10.6 Å². The first kappa shape index (κ1) is 11.1. The van der Waals surface area contributed by atoms with Crippen molar-refractivity contribution in [1.82, 2.24) is 0 Å². The fourth-order valence-corrected chi connectivity index (χ4v) is 1.87. The van der Waals surface area contributed by atoms with E-state index in [1.54, 1.807) is 0 Å². The summed E-state index contributed by atoms with van der Waals surface area (Å²) in [6.45, 7) is 1.51.